The van der Waals surface area contributed by atoms with E-state index in [-0.39, 0.29) is 18.0 Å². The fourth-order valence-electron chi connectivity index (χ4n) is 4.97. The van der Waals surface area contributed by atoms with Gasteiger partial charge in [0.25, 0.3) is 0 Å². The van der Waals surface area contributed by atoms with Crippen LogP contribution in [0.15, 0.2) is 118 Å². The number of hydrogen-bond acceptors (Lipinski definition) is 5. The van der Waals surface area contributed by atoms with E-state index in [1.807, 2.05) is 30.3 Å². The second-order valence-electron chi connectivity index (χ2n) is 10.5. The van der Waals surface area contributed by atoms with Gasteiger partial charge in [0.1, 0.15) is 0 Å². The number of carbonyl (C=O) groups is 1. The quantitative estimate of drug-likeness (QED) is 0.211. The Kier molecular flexibility index (Phi) is 13.6. The van der Waals surface area contributed by atoms with E-state index in [0.717, 1.165) is 53.9 Å². The fourth-order valence-corrected chi connectivity index (χ4v) is 5.50. The predicted octanol–water partition coefficient (Wildman–Crippen LogP) is 8.58. The number of Topliss-reactive ketones (excluding diaryl/α,β-unsaturated/α-hetero) is 1. The van der Waals surface area contributed by atoms with Crippen molar-refractivity contribution in [3.63, 3.8) is 0 Å². The monoisotopic (exact) mass is 706 g/mol. The molecule has 226 valence electrons. The van der Waals surface area contributed by atoms with Gasteiger partial charge in [0.15, 0.2) is 5.78 Å². The summed E-state index contributed by atoms with van der Waals surface area (Å²) in [5, 5.41) is 3.31. The van der Waals surface area contributed by atoms with E-state index < -0.39 is 0 Å². The Hall–Kier alpha value is -2.65. The van der Waals surface area contributed by atoms with E-state index in [0.29, 0.717) is 6.04 Å². The van der Waals surface area contributed by atoms with Gasteiger partial charge in [-0.15, -0.1) is 0 Å². The summed E-state index contributed by atoms with van der Waals surface area (Å²) in [5.41, 5.74) is 4.64. The van der Waals surface area contributed by atoms with Crippen molar-refractivity contribution in [2.75, 3.05) is 39.4 Å². The molecule has 4 aromatic rings. The first kappa shape index (κ1) is 33.2. The number of nitrogens with one attached hydrogen (secondary N) is 1. The SMILES string of the molecule is CC(=O)c1ccc(Br)cc1.CC(c1ccc(Br)cc1)N1CCOC(c2ccccc2)C1.c1ccc(C2CNCCO2)cc1. The van der Waals surface area contributed by atoms with Gasteiger partial charge >= 0.3 is 0 Å². The Morgan fingerprint density at radius 2 is 1.30 bits per heavy atom. The van der Waals surface area contributed by atoms with Crippen LogP contribution in [0.5, 0.6) is 0 Å². The van der Waals surface area contributed by atoms with E-state index >= 15 is 0 Å². The van der Waals surface area contributed by atoms with Gasteiger partial charge in [0.2, 0.25) is 0 Å². The molecule has 0 spiro atoms. The molecule has 6 rings (SSSR count). The van der Waals surface area contributed by atoms with Gasteiger partial charge in [0.05, 0.1) is 25.4 Å². The maximum Gasteiger partial charge on any atom is 0.159 e. The van der Waals surface area contributed by atoms with Crippen LogP contribution < -0.4 is 5.32 Å². The number of ketones is 1. The summed E-state index contributed by atoms with van der Waals surface area (Å²) >= 11 is 6.78. The van der Waals surface area contributed by atoms with E-state index in [2.05, 4.69) is 116 Å². The van der Waals surface area contributed by atoms with Crippen molar-refractivity contribution in [3.05, 3.63) is 140 Å². The van der Waals surface area contributed by atoms with E-state index in [4.69, 9.17) is 9.47 Å². The Labute approximate surface area is 272 Å². The highest BCUT2D eigenvalue weighted by atomic mass is 79.9. The van der Waals surface area contributed by atoms with Gasteiger partial charge in [-0.05, 0) is 54.8 Å². The zero-order valence-electron chi connectivity index (χ0n) is 24.8. The molecular formula is C36H40Br2N2O3. The molecule has 7 heteroatoms. The molecule has 2 fully saturated rings. The highest BCUT2D eigenvalue weighted by molar-refractivity contribution is 9.10. The lowest BCUT2D eigenvalue weighted by Crippen LogP contribution is -2.39. The summed E-state index contributed by atoms with van der Waals surface area (Å²) in [6.45, 7) is 9.29. The third-order valence-electron chi connectivity index (χ3n) is 7.52. The van der Waals surface area contributed by atoms with Crippen LogP contribution in [0.3, 0.4) is 0 Å². The molecule has 2 heterocycles. The van der Waals surface area contributed by atoms with Crippen molar-refractivity contribution in [1.82, 2.24) is 10.2 Å². The summed E-state index contributed by atoms with van der Waals surface area (Å²) in [6, 6.07) is 37.2. The number of ether oxygens (including phenoxy) is 2. The van der Waals surface area contributed by atoms with Crippen molar-refractivity contribution in [2.24, 2.45) is 0 Å². The van der Waals surface area contributed by atoms with Crippen LogP contribution in [0.4, 0.5) is 0 Å². The minimum absolute atomic E-state index is 0.104. The zero-order valence-corrected chi connectivity index (χ0v) is 28.0. The number of benzene rings is 4. The van der Waals surface area contributed by atoms with E-state index in [9.17, 15) is 4.79 Å². The van der Waals surface area contributed by atoms with Gasteiger partial charge in [-0.3, -0.25) is 9.69 Å². The molecule has 2 aliphatic heterocycles. The molecule has 3 atom stereocenters. The van der Waals surface area contributed by atoms with Gasteiger partial charge in [0, 0.05) is 46.7 Å². The Bertz CT molecular complexity index is 1360. The average Bonchev–Trinajstić information content (AvgIpc) is 3.07. The number of carbonyl (C=O) groups excluding carboxylic acids is 1. The highest BCUT2D eigenvalue weighted by Gasteiger charge is 2.25. The van der Waals surface area contributed by atoms with Crippen LogP contribution in [-0.2, 0) is 9.47 Å². The van der Waals surface area contributed by atoms with E-state index in [1.54, 1.807) is 19.1 Å². The summed E-state index contributed by atoms with van der Waals surface area (Å²) in [7, 11) is 0. The minimum atomic E-state index is 0.104. The predicted molar refractivity (Wildman–Crippen MR) is 181 cm³/mol. The molecule has 1 N–H and O–H groups in total. The van der Waals surface area contributed by atoms with Crippen molar-refractivity contribution in [2.45, 2.75) is 32.1 Å². The summed E-state index contributed by atoms with van der Waals surface area (Å²) in [6.07, 6.45) is 0.429. The molecule has 0 amide bonds. The first-order valence-corrected chi connectivity index (χ1v) is 16.3. The van der Waals surface area contributed by atoms with Gasteiger partial charge in [-0.1, -0.05) is 117 Å². The molecule has 0 bridgehead atoms. The van der Waals surface area contributed by atoms with Crippen LogP contribution in [0.1, 0.15) is 59.1 Å². The van der Waals surface area contributed by atoms with Crippen molar-refractivity contribution < 1.29 is 14.3 Å². The fraction of sp³-hybridized carbons (Fsp3) is 0.306. The molecule has 0 saturated carbocycles. The van der Waals surface area contributed by atoms with E-state index in [1.165, 1.54) is 16.7 Å². The lowest BCUT2D eigenvalue weighted by Gasteiger charge is -2.37. The Balaban J connectivity index is 0.000000163. The minimum Gasteiger partial charge on any atom is -0.371 e. The van der Waals surface area contributed by atoms with Gasteiger partial charge < -0.3 is 14.8 Å². The topological polar surface area (TPSA) is 50.8 Å². The second kappa shape index (κ2) is 17.6. The molecule has 5 nitrogen and oxygen atoms in total. The second-order valence-corrected chi connectivity index (χ2v) is 12.4. The number of morpholine rings is 2. The molecule has 3 unspecified atom stereocenters. The summed E-state index contributed by atoms with van der Waals surface area (Å²) in [5.74, 6) is 0.104. The van der Waals surface area contributed by atoms with Gasteiger partial charge in [-0.25, -0.2) is 0 Å². The molecule has 43 heavy (non-hydrogen) atoms. The lowest BCUT2D eigenvalue weighted by molar-refractivity contribution is -0.0431. The van der Waals surface area contributed by atoms with Gasteiger partial charge in [-0.2, -0.15) is 0 Å². The van der Waals surface area contributed by atoms with Crippen molar-refractivity contribution in [3.8, 4) is 0 Å². The van der Waals surface area contributed by atoms with Crippen molar-refractivity contribution >= 4 is 37.6 Å². The summed E-state index contributed by atoms with van der Waals surface area (Å²) in [4.78, 5) is 13.2. The Morgan fingerprint density at radius 3 is 1.84 bits per heavy atom. The first-order valence-electron chi connectivity index (χ1n) is 14.7. The number of nitrogens with zero attached hydrogens (tertiary/aromatic N) is 1. The number of rotatable bonds is 5. The normalized spacial score (nSPS) is 19.2. The maximum absolute atomic E-state index is 10.7. The van der Waals surface area contributed by atoms with Crippen LogP contribution in [0, 0.1) is 0 Å². The first-order chi connectivity index (χ1) is 20.9. The average molecular weight is 709 g/mol. The zero-order chi connectivity index (χ0) is 30.4. The standard InChI is InChI=1S/C18H20BrNO.C10H13NO.C8H7BrO/c1-14(15-7-9-17(19)10-8-15)20-11-12-21-18(13-20)16-5-3-2-4-6-16;1-2-4-9(5-3-1)10-8-11-6-7-12-10;1-6(10)7-2-4-8(9)5-3-7/h2-10,14,18H,11-13H2,1H3;1-5,10-11H,6-8H2;2-5H,1H3. The van der Waals surface area contributed by atoms with Crippen LogP contribution in [0.2, 0.25) is 0 Å². The van der Waals surface area contributed by atoms with Crippen LogP contribution >= 0.6 is 31.9 Å². The molecule has 4 aromatic carbocycles. The highest BCUT2D eigenvalue weighted by Crippen LogP contribution is 2.29. The maximum atomic E-state index is 10.7. The molecule has 0 aliphatic carbocycles. The third kappa shape index (κ3) is 10.8. The lowest BCUT2D eigenvalue weighted by atomic mass is 10.0. The number of hydrogen-bond donors (Lipinski definition) is 1. The smallest absolute Gasteiger partial charge is 0.159 e. The molecule has 2 saturated heterocycles. The molecule has 0 radical (unpaired) electrons. The van der Waals surface area contributed by atoms with Crippen LogP contribution in [0.25, 0.3) is 0 Å². The molecular weight excluding hydrogens is 668 g/mol. The number of halogens is 2. The Morgan fingerprint density at radius 1 is 0.767 bits per heavy atom. The largest absolute Gasteiger partial charge is 0.371 e. The third-order valence-corrected chi connectivity index (χ3v) is 8.58. The van der Waals surface area contributed by atoms with Crippen molar-refractivity contribution in [1.29, 1.82) is 0 Å². The molecule has 0 aromatic heterocycles. The molecule has 2 aliphatic rings. The van der Waals surface area contributed by atoms with Crippen LogP contribution in [-0.4, -0.2) is 50.1 Å². The summed E-state index contributed by atoms with van der Waals surface area (Å²) < 4.78 is 13.7.